The van der Waals surface area contributed by atoms with Crippen molar-refractivity contribution in [3.8, 4) is 0 Å². The molecule has 0 aliphatic carbocycles. The van der Waals surface area contributed by atoms with Gasteiger partial charge in [-0.05, 0) is 31.0 Å². The van der Waals surface area contributed by atoms with Crippen LogP contribution < -0.4 is 0 Å². The standard InChI is InChI=1S/C14H17FO2/c1-8(2)13(16)12(15)14(17)11-6-5-9(3)10(4)7-11/h5-8,12H,1-4H3. The third-order valence-electron chi connectivity index (χ3n) is 2.84. The van der Waals surface area contributed by atoms with E-state index in [4.69, 9.17) is 0 Å². The molecule has 1 atom stereocenters. The molecule has 0 aromatic heterocycles. The molecule has 0 radical (unpaired) electrons. The van der Waals surface area contributed by atoms with E-state index >= 15 is 0 Å². The summed E-state index contributed by atoms with van der Waals surface area (Å²) in [4.78, 5) is 23.2. The molecule has 2 nitrogen and oxygen atoms in total. The highest BCUT2D eigenvalue weighted by Gasteiger charge is 2.28. The molecule has 0 aliphatic heterocycles. The van der Waals surface area contributed by atoms with Crippen molar-refractivity contribution < 1.29 is 14.0 Å². The first-order valence-electron chi connectivity index (χ1n) is 5.64. The molecular formula is C14H17FO2. The maximum atomic E-state index is 13.7. The van der Waals surface area contributed by atoms with Crippen molar-refractivity contribution in [1.82, 2.24) is 0 Å². The molecule has 0 saturated heterocycles. The van der Waals surface area contributed by atoms with Crippen LogP contribution in [-0.4, -0.2) is 17.7 Å². The van der Waals surface area contributed by atoms with E-state index < -0.39 is 23.7 Å². The van der Waals surface area contributed by atoms with E-state index in [1.54, 1.807) is 32.0 Å². The van der Waals surface area contributed by atoms with Crippen LogP contribution in [0.25, 0.3) is 0 Å². The van der Waals surface area contributed by atoms with E-state index in [0.29, 0.717) is 0 Å². The number of benzene rings is 1. The fourth-order valence-electron chi connectivity index (χ4n) is 1.46. The Morgan fingerprint density at radius 1 is 1.12 bits per heavy atom. The van der Waals surface area contributed by atoms with Crippen LogP contribution in [0.4, 0.5) is 4.39 Å². The molecule has 0 bridgehead atoms. The Kier molecular flexibility index (Phi) is 4.16. The lowest BCUT2D eigenvalue weighted by atomic mass is 9.96. The molecular weight excluding hydrogens is 219 g/mol. The van der Waals surface area contributed by atoms with Gasteiger partial charge in [0.2, 0.25) is 12.0 Å². The number of alkyl halides is 1. The maximum Gasteiger partial charge on any atom is 0.221 e. The van der Waals surface area contributed by atoms with E-state index in [0.717, 1.165) is 11.1 Å². The molecule has 1 unspecified atom stereocenters. The molecule has 17 heavy (non-hydrogen) atoms. The first-order chi connectivity index (χ1) is 7.84. The van der Waals surface area contributed by atoms with Crippen molar-refractivity contribution in [2.45, 2.75) is 33.9 Å². The number of ketones is 2. The van der Waals surface area contributed by atoms with Crippen molar-refractivity contribution in [2.24, 2.45) is 5.92 Å². The van der Waals surface area contributed by atoms with Gasteiger partial charge in [0, 0.05) is 11.5 Å². The molecule has 1 rings (SSSR count). The third kappa shape index (κ3) is 2.99. The van der Waals surface area contributed by atoms with Crippen molar-refractivity contribution in [2.75, 3.05) is 0 Å². The van der Waals surface area contributed by atoms with Gasteiger partial charge in [-0.3, -0.25) is 9.59 Å². The zero-order valence-corrected chi connectivity index (χ0v) is 10.6. The minimum atomic E-state index is -2.04. The Labute approximate surface area is 101 Å². The molecule has 0 heterocycles. The SMILES string of the molecule is Cc1ccc(C(=O)C(F)C(=O)C(C)C)cc1C. The largest absolute Gasteiger partial charge is 0.296 e. The van der Waals surface area contributed by atoms with Crippen LogP contribution in [0.15, 0.2) is 18.2 Å². The summed E-state index contributed by atoms with van der Waals surface area (Å²) in [6.45, 7) is 6.94. The molecule has 0 N–H and O–H groups in total. The number of carbonyl (C=O) groups is 2. The summed E-state index contributed by atoms with van der Waals surface area (Å²) in [7, 11) is 0. The quantitative estimate of drug-likeness (QED) is 0.594. The molecule has 0 spiro atoms. The first-order valence-corrected chi connectivity index (χ1v) is 5.64. The molecule has 3 heteroatoms. The smallest absolute Gasteiger partial charge is 0.221 e. The Morgan fingerprint density at radius 2 is 1.71 bits per heavy atom. The topological polar surface area (TPSA) is 34.1 Å². The normalized spacial score (nSPS) is 12.6. The summed E-state index contributed by atoms with van der Waals surface area (Å²) >= 11 is 0. The van der Waals surface area contributed by atoms with Crippen molar-refractivity contribution in [3.05, 3.63) is 34.9 Å². The predicted octanol–water partition coefficient (Wildman–Crippen LogP) is 3.05. The second-order valence-electron chi connectivity index (χ2n) is 4.58. The van der Waals surface area contributed by atoms with Crippen LogP contribution in [0.5, 0.6) is 0 Å². The van der Waals surface area contributed by atoms with Crippen LogP contribution in [0, 0.1) is 19.8 Å². The number of Topliss-reactive ketones (excluding diaryl/α,β-unsaturated/α-hetero) is 2. The minimum absolute atomic E-state index is 0.259. The Hall–Kier alpha value is -1.51. The zero-order chi connectivity index (χ0) is 13.2. The van der Waals surface area contributed by atoms with E-state index in [1.807, 2.05) is 13.8 Å². The Balaban J connectivity index is 2.97. The van der Waals surface area contributed by atoms with Crippen LogP contribution in [0.1, 0.15) is 35.3 Å². The lowest BCUT2D eigenvalue weighted by Gasteiger charge is -2.10. The average Bonchev–Trinajstić information content (AvgIpc) is 2.29. The van der Waals surface area contributed by atoms with Crippen molar-refractivity contribution in [3.63, 3.8) is 0 Å². The van der Waals surface area contributed by atoms with Gasteiger partial charge in [0.25, 0.3) is 0 Å². The number of halogens is 1. The highest BCUT2D eigenvalue weighted by atomic mass is 19.1. The molecule has 92 valence electrons. The van der Waals surface area contributed by atoms with Gasteiger partial charge in [0.1, 0.15) is 0 Å². The van der Waals surface area contributed by atoms with Gasteiger partial charge in [-0.15, -0.1) is 0 Å². The van der Waals surface area contributed by atoms with Gasteiger partial charge < -0.3 is 0 Å². The first kappa shape index (κ1) is 13.6. The number of rotatable bonds is 4. The van der Waals surface area contributed by atoms with Crippen molar-refractivity contribution in [1.29, 1.82) is 0 Å². The predicted molar refractivity (Wildman–Crippen MR) is 65.0 cm³/mol. The highest BCUT2D eigenvalue weighted by Crippen LogP contribution is 2.15. The molecule has 0 aliphatic rings. The van der Waals surface area contributed by atoms with Crippen LogP contribution in [0.2, 0.25) is 0 Å². The second kappa shape index (κ2) is 5.21. The fraction of sp³-hybridized carbons (Fsp3) is 0.429. The summed E-state index contributed by atoms with van der Waals surface area (Å²) in [5.74, 6) is -1.87. The number of carbonyl (C=O) groups excluding carboxylic acids is 2. The summed E-state index contributed by atoms with van der Waals surface area (Å²) in [6, 6.07) is 4.94. The van der Waals surface area contributed by atoms with Gasteiger partial charge in [0.15, 0.2) is 5.78 Å². The second-order valence-corrected chi connectivity index (χ2v) is 4.58. The Bertz CT molecular complexity index is 450. The van der Waals surface area contributed by atoms with Crippen LogP contribution in [-0.2, 0) is 4.79 Å². The van der Waals surface area contributed by atoms with E-state index in [1.165, 1.54) is 0 Å². The molecule has 1 aromatic carbocycles. The summed E-state index contributed by atoms with van der Waals surface area (Å²) in [5, 5.41) is 0. The van der Waals surface area contributed by atoms with Crippen LogP contribution in [0.3, 0.4) is 0 Å². The summed E-state index contributed by atoms with van der Waals surface area (Å²) < 4.78 is 13.7. The number of hydrogen-bond donors (Lipinski definition) is 0. The zero-order valence-electron chi connectivity index (χ0n) is 10.6. The maximum absolute atomic E-state index is 13.7. The van der Waals surface area contributed by atoms with E-state index in [9.17, 15) is 14.0 Å². The van der Waals surface area contributed by atoms with Gasteiger partial charge >= 0.3 is 0 Å². The minimum Gasteiger partial charge on any atom is -0.296 e. The molecule has 0 saturated carbocycles. The lowest BCUT2D eigenvalue weighted by molar-refractivity contribution is -0.125. The Morgan fingerprint density at radius 3 is 2.18 bits per heavy atom. The van der Waals surface area contributed by atoms with E-state index in [-0.39, 0.29) is 5.56 Å². The summed E-state index contributed by atoms with van der Waals surface area (Å²) in [5.41, 5.74) is 2.21. The monoisotopic (exact) mass is 236 g/mol. The fourth-order valence-corrected chi connectivity index (χ4v) is 1.46. The number of aryl methyl sites for hydroxylation is 2. The van der Waals surface area contributed by atoms with Gasteiger partial charge in [-0.25, -0.2) is 4.39 Å². The van der Waals surface area contributed by atoms with Gasteiger partial charge in [-0.1, -0.05) is 26.0 Å². The van der Waals surface area contributed by atoms with Gasteiger partial charge in [0.05, 0.1) is 0 Å². The number of hydrogen-bond acceptors (Lipinski definition) is 2. The third-order valence-corrected chi connectivity index (χ3v) is 2.84. The van der Waals surface area contributed by atoms with Crippen LogP contribution >= 0.6 is 0 Å². The van der Waals surface area contributed by atoms with Crippen molar-refractivity contribution >= 4 is 11.6 Å². The highest BCUT2D eigenvalue weighted by molar-refractivity contribution is 6.13. The molecule has 0 amide bonds. The average molecular weight is 236 g/mol. The lowest BCUT2D eigenvalue weighted by Crippen LogP contribution is -2.29. The molecule has 1 aromatic rings. The van der Waals surface area contributed by atoms with E-state index in [2.05, 4.69) is 0 Å². The summed E-state index contributed by atoms with van der Waals surface area (Å²) in [6.07, 6.45) is -2.04. The molecule has 0 fully saturated rings. The van der Waals surface area contributed by atoms with Gasteiger partial charge in [-0.2, -0.15) is 0 Å².